The fraction of sp³-hybridized carbons (Fsp3) is 0.148. The van der Waals surface area contributed by atoms with Crippen LogP contribution in [0.2, 0.25) is 0 Å². The zero-order valence-corrected chi connectivity index (χ0v) is 19.0. The molecule has 8 heteroatoms. The van der Waals surface area contributed by atoms with Crippen molar-refractivity contribution in [2.45, 2.75) is 20.0 Å². The van der Waals surface area contributed by atoms with Crippen LogP contribution in [-0.2, 0) is 17.9 Å². The smallest absolute Gasteiger partial charge is 0.278 e. The van der Waals surface area contributed by atoms with Crippen LogP contribution in [-0.4, -0.2) is 26.8 Å². The molecule has 1 aliphatic heterocycles. The first-order chi connectivity index (χ1) is 17.1. The van der Waals surface area contributed by atoms with Crippen LogP contribution in [0.15, 0.2) is 77.9 Å². The van der Waals surface area contributed by atoms with Gasteiger partial charge in [-0.3, -0.25) is 14.2 Å². The summed E-state index contributed by atoms with van der Waals surface area (Å²) in [5, 5.41) is 3.75. The Balaban J connectivity index is 1.41. The molecule has 0 saturated carbocycles. The standard InChI is InChI=1S/C27H22N4O4/c1-17-7-9-21-20(11-17)25-26(27(33)30(15-28-25)13-18-5-3-2-4-6-18)31(21)14-24(32)29-19-8-10-22-23(12-19)35-16-34-22/h2-12,15H,13-14,16H2,1H3,(H,29,32). The number of benzene rings is 3. The molecule has 8 nitrogen and oxygen atoms in total. The van der Waals surface area contributed by atoms with E-state index < -0.39 is 0 Å². The highest BCUT2D eigenvalue weighted by Crippen LogP contribution is 2.34. The Morgan fingerprint density at radius 2 is 1.86 bits per heavy atom. The highest BCUT2D eigenvalue weighted by atomic mass is 16.7. The predicted molar refractivity (Wildman–Crippen MR) is 133 cm³/mol. The number of rotatable bonds is 5. The highest BCUT2D eigenvalue weighted by molar-refractivity contribution is 6.06. The van der Waals surface area contributed by atoms with Gasteiger partial charge in [0.25, 0.3) is 5.56 Å². The molecule has 6 rings (SSSR count). The lowest BCUT2D eigenvalue weighted by Gasteiger charge is -2.10. The second-order valence-electron chi connectivity index (χ2n) is 8.58. The van der Waals surface area contributed by atoms with Gasteiger partial charge in [-0.05, 0) is 36.8 Å². The van der Waals surface area contributed by atoms with Gasteiger partial charge in [-0.25, -0.2) is 4.98 Å². The minimum atomic E-state index is -0.263. The van der Waals surface area contributed by atoms with Gasteiger partial charge in [0, 0.05) is 17.1 Å². The lowest BCUT2D eigenvalue weighted by atomic mass is 10.1. The van der Waals surface area contributed by atoms with Crippen LogP contribution in [0, 0.1) is 6.92 Å². The zero-order chi connectivity index (χ0) is 23.9. The average Bonchev–Trinajstić information content (AvgIpc) is 3.44. The summed E-state index contributed by atoms with van der Waals surface area (Å²) in [5.41, 5.74) is 4.23. The predicted octanol–water partition coefficient (Wildman–Crippen LogP) is 4.08. The van der Waals surface area contributed by atoms with Crippen molar-refractivity contribution >= 4 is 33.5 Å². The van der Waals surface area contributed by atoms with E-state index >= 15 is 0 Å². The molecule has 0 spiro atoms. The number of hydrogen-bond acceptors (Lipinski definition) is 5. The van der Waals surface area contributed by atoms with Crippen LogP contribution in [0.4, 0.5) is 5.69 Å². The van der Waals surface area contributed by atoms with E-state index in [4.69, 9.17) is 9.47 Å². The van der Waals surface area contributed by atoms with Crippen molar-refractivity contribution in [3.8, 4) is 11.5 Å². The molecule has 3 aromatic carbocycles. The Morgan fingerprint density at radius 1 is 1.03 bits per heavy atom. The van der Waals surface area contributed by atoms with Gasteiger partial charge >= 0.3 is 0 Å². The van der Waals surface area contributed by atoms with Crippen LogP contribution >= 0.6 is 0 Å². The van der Waals surface area contributed by atoms with Gasteiger partial charge in [0.15, 0.2) is 11.5 Å². The normalized spacial score (nSPS) is 12.4. The number of anilines is 1. The quantitative estimate of drug-likeness (QED) is 0.422. The maximum atomic E-state index is 13.6. The van der Waals surface area contributed by atoms with Crippen LogP contribution < -0.4 is 20.3 Å². The van der Waals surface area contributed by atoms with E-state index in [2.05, 4.69) is 10.3 Å². The first-order valence-corrected chi connectivity index (χ1v) is 11.3. The van der Waals surface area contributed by atoms with Gasteiger partial charge in [0.2, 0.25) is 12.7 Å². The lowest BCUT2D eigenvalue weighted by molar-refractivity contribution is -0.116. The molecule has 0 unspecified atom stereocenters. The van der Waals surface area contributed by atoms with E-state index in [1.807, 2.05) is 55.5 Å². The third-order valence-electron chi connectivity index (χ3n) is 6.14. The molecule has 3 heterocycles. The van der Waals surface area contributed by atoms with Crippen molar-refractivity contribution < 1.29 is 14.3 Å². The van der Waals surface area contributed by atoms with E-state index in [-0.39, 0.29) is 24.8 Å². The Hall–Kier alpha value is -4.59. The number of aryl methyl sites for hydroxylation is 1. The first-order valence-electron chi connectivity index (χ1n) is 11.3. The molecular formula is C27H22N4O4. The van der Waals surface area contributed by atoms with Crippen molar-refractivity contribution in [3.63, 3.8) is 0 Å². The van der Waals surface area contributed by atoms with Crippen LogP contribution in [0.25, 0.3) is 21.9 Å². The molecule has 1 N–H and O–H groups in total. The number of aromatic nitrogens is 3. The highest BCUT2D eigenvalue weighted by Gasteiger charge is 2.20. The molecule has 0 aliphatic carbocycles. The van der Waals surface area contributed by atoms with Crippen LogP contribution in [0.1, 0.15) is 11.1 Å². The molecule has 1 aliphatic rings. The molecule has 1 amide bonds. The van der Waals surface area contributed by atoms with E-state index in [0.717, 1.165) is 22.0 Å². The third-order valence-corrected chi connectivity index (χ3v) is 6.14. The topological polar surface area (TPSA) is 87.4 Å². The fourth-order valence-electron chi connectivity index (χ4n) is 4.49. The number of ether oxygens (including phenoxy) is 2. The number of hydrogen-bond donors (Lipinski definition) is 1. The zero-order valence-electron chi connectivity index (χ0n) is 19.0. The third kappa shape index (κ3) is 3.78. The molecule has 35 heavy (non-hydrogen) atoms. The Labute approximate surface area is 200 Å². The summed E-state index contributed by atoms with van der Waals surface area (Å²) in [6.07, 6.45) is 1.58. The van der Waals surface area contributed by atoms with E-state index in [0.29, 0.717) is 34.8 Å². The maximum absolute atomic E-state index is 13.6. The first kappa shape index (κ1) is 21.0. The van der Waals surface area contributed by atoms with Crippen molar-refractivity contribution in [2.24, 2.45) is 0 Å². The Morgan fingerprint density at radius 3 is 2.71 bits per heavy atom. The second kappa shape index (κ2) is 8.32. The van der Waals surface area contributed by atoms with Gasteiger partial charge < -0.3 is 19.4 Å². The molecule has 174 valence electrons. The van der Waals surface area contributed by atoms with Gasteiger partial charge in [-0.15, -0.1) is 0 Å². The lowest BCUT2D eigenvalue weighted by Crippen LogP contribution is -2.25. The summed E-state index contributed by atoms with van der Waals surface area (Å²) in [6, 6.07) is 20.9. The van der Waals surface area contributed by atoms with E-state index in [1.165, 1.54) is 0 Å². The van der Waals surface area contributed by atoms with Gasteiger partial charge in [-0.2, -0.15) is 0 Å². The van der Waals surface area contributed by atoms with Crippen molar-refractivity contribution in [2.75, 3.05) is 12.1 Å². The average molecular weight is 466 g/mol. The summed E-state index contributed by atoms with van der Waals surface area (Å²) < 4.78 is 14.1. The summed E-state index contributed by atoms with van der Waals surface area (Å²) in [7, 11) is 0. The molecular weight excluding hydrogens is 444 g/mol. The number of nitrogens with one attached hydrogen (secondary N) is 1. The number of fused-ring (bicyclic) bond motifs is 4. The largest absolute Gasteiger partial charge is 0.454 e. The van der Waals surface area contributed by atoms with E-state index in [9.17, 15) is 9.59 Å². The van der Waals surface area contributed by atoms with Crippen molar-refractivity contribution in [1.29, 1.82) is 0 Å². The SMILES string of the molecule is Cc1ccc2c(c1)c1ncn(Cc3ccccc3)c(=O)c1n2CC(=O)Nc1ccc2c(c1)OCO2. The van der Waals surface area contributed by atoms with Crippen LogP contribution in [0.3, 0.4) is 0 Å². The summed E-state index contributed by atoms with van der Waals surface area (Å²) >= 11 is 0. The molecule has 0 atom stereocenters. The minimum absolute atomic E-state index is 0.0379. The summed E-state index contributed by atoms with van der Waals surface area (Å²) in [5.74, 6) is 0.968. The summed E-state index contributed by atoms with van der Waals surface area (Å²) in [4.78, 5) is 31.3. The molecule has 0 fully saturated rings. The molecule has 0 radical (unpaired) electrons. The number of amides is 1. The van der Waals surface area contributed by atoms with Gasteiger partial charge in [0.05, 0.1) is 18.4 Å². The Kier molecular flexibility index (Phi) is 4.99. The van der Waals surface area contributed by atoms with Crippen molar-refractivity contribution in [1.82, 2.24) is 14.1 Å². The van der Waals surface area contributed by atoms with Crippen LogP contribution in [0.5, 0.6) is 11.5 Å². The second-order valence-corrected chi connectivity index (χ2v) is 8.58. The number of carbonyl (C=O) groups excluding carboxylic acids is 1. The van der Waals surface area contributed by atoms with Gasteiger partial charge in [0.1, 0.15) is 17.6 Å². The molecule has 2 aromatic heterocycles. The molecule has 0 bridgehead atoms. The summed E-state index contributed by atoms with van der Waals surface area (Å²) in [6.45, 7) is 2.51. The molecule has 0 saturated heterocycles. The minimum Gasteiger partial charge on any atom is -0.454 e. The van der Waals surface area contributed by atoms with Gasteiger partial charge in [-0.1, -0.05) is 42.0 Å². The number of carbonyl (C=O) groups is 1. The fourth-order valence-corrected chi connectivity index (χ4v) is 4.49. The number of nitrogens with zero attached hydrogens (tertiary/aromatic N) is 3. The van der Waals surface area contributed by atoms with E-state index in [1.54, 1.807) is 33.7 Å². The monoisotopic (exact) mass is 466 g/mol. The van der Waals surface area contributed by atoms with Crippen molar-refractivity contribution in [3.05, 3.63) is 94.5 Å². The molecule has 5 aromatic rings. The maximum Gasteiger partial charge on any atom is 0.278 e. The Bertz CT molecular complexity index is 1650.